The van der Waals surface area contributed by atoms with E-state index in [4.69, 9.17) is 9.47 Å². The van der Waals surface area contributed by atoms with Gasteiger partial charge in [-0.25, -0.2) is 4.98 Å². The SMILES string of the molecule is CC(C(=O)Nc1ccc2c(c1)OCCO2)n1cnc2ccccc2c1=O. The van der Waals surface area contributed by atoms with Gasteiger partial charge in [0.05, 0.1) is 17.2 Å². The van der Waals surface area contributed by atoms with Gasteiger partial charge in [-0.05, 0) is 31.2 Å². The van der Waals surface area contributed by atoms with Gasteiger partial charge < -0.3 is 14.8 Å². The van der Waals surface area contributed by atoms with Crippen LogP contribution in [-0.2, 0) is 4.79 Å². The summed E-state index contributed by atoms with van der Waals surface area (Å²) >= 11 is 0. The number of nitrogens with zero attached hydrogens (tertiary/aromatic N) is 2. The Bertz CT molecular complexity index is 1040. The molecule has 0 saturated heterocycles. The van der Waals surface area contributed by atoms with Crippen molar-refractivity contribution in [2.45, 2.75) is 13.0 Å². The lowest BCUT2D eigenvalue weighted by Gasteiger charge is -2.20. The molecule has 2 aromatic carbocycles. The second-order valence-corrected chi connectivity index (χ2v) is 6.00. The molecule has 0 radical (unpaired) electrons. The molecule has 1 aliphatic heterocycles. The van der Waals surface area contributed by atoms with Crippen molar-refractivity contribution in [2.24, 2.45) is 0 Å². The molecule has 3 aromatic rings. The molecule has 132 valence electrons. The zero-order valence-corrected chi connectivity index (χ0v) is 14.1. The van der Waals surface area contributed by atoms with Gasteiger partial charge in [0.2, 0.25) is 5.91 Å². The maximum atomic E-state index is 12.6. The van der Waals surface area contributed by atoms with Crippen molar-refractivity contribution in [3.63, 3.8) is 0 Å². The van der Waals surface area contributed by atoms with Crippen molar-refractivity contribution in [3.05, 3.63) is 59.1 Å². The third-order valence-corrected chi connectivity index (χ3v) is 4.30. The molecule has 7 nitrogen and oxygen atoms in total. The summed E-state index contributed by atoms with van der Waals surface area (Å²) in [7, 11) is 0. The van der Waals surface area contributed by atoms with E-state index in [-0.39, 0.29) is 11.5 Å². The first-order valence-corrected chi connectivity index (χ1v) is 8.30. The number of amides is 1. The van der Waals surface area contributed by atoms with Crippen molar-refractivity contribution < 1.29 is 14.3 Å². The number of aromatic nitrogens is 2. The first kappa shape index (κ1) is 16.1. The lowest BCUT2D eigenvalue weighted by molar-refractivity contribution is -0.118. The van der Waals surface area contributed by atoms with E-state index < -0.39 is 6.04 Å². The lowest BCUT2D eigenvalue weighted by Crippen LogP contribution is -2.31. The zero-order chi connectivity index (χ0) is 18.1. The minimum Gasteiger partial charge on any atom is -0.486 e. The number of fused-ring (bicyclic) bond motifs is 2. The van der Waals surface area contributed by atoms with Gasteiger partial charge in [-0.2, -0.15) is 0 Å². The average molecular weight is 351 g/mol. The summed E-state index contributed by atoms with van der Waals surface area (Å²) in [6.45, 7) is 2.64. The summed E-state index contributed by atoms with van der Waals surface area (Å²) in [4.78, 5) is 29.5. The predicted octanol–water partition coefficient (Wildman–Crippen LogP) is 2.37. The fraction of sp³-hybridized carbons (Fsp3) is 0.211. The maximum Gasteiger partial charge on any atom is 0.261 e. The van der Waals surface area contributed by atoms with Gasteiger partial charge >= 0.3 is 0 Å². The van der Waals surface area contributed by atoms with E-state index in [0.717, 1.165) is 0 Å². The maximum absolute atomic E-state index is 12.6. The highest BCUT2D eigenvalue weighted by molar-refractivity contribution is 5.94. The van der Waals surface area contributed by atoms with E-state index in [1.54, 1.807) is 43.3 Å². The van der Waals surface area contributed by atoms with Gasteiger partial charge in [0.25, 0.3) is 5.56 Å². The number of hydrogen-bond donors (Lipinski definition) is 1. The van der Waals surface area contributed by atoms with Crippen LogP contribution in [0.15, 0.2) is 53.6 Å². The molecule has 0 spiro atoms. The van der Waals surface area contributed by atoms with E-state index in [0.29, 0.717) is 41.3 Å². The van der Waals surface area contributed by atoms with E-state index >= 15 is 0 Å². The molecule has 0 aliphatic carbocycles. The van der Waals surface area contributed by atoms with Crippen molar-refractivity contribution in [2.75, 3.05) is 18.5 Å². The van der Waals surface area contributed by atoms with Crippen molar-refractivity contribution in [3.8, 4) is 11.5 Å². The second-order valence-electron chi connectivity index (χ2n) is 6.00. The Kier molecular flexibility index (Phi) is 4.04. The average Bonchev–Trinajstić information content (AvgIpc) is 2.68. The Labute approximate surface area is 149 Å². The number of carbonyl (C=O) groups excluding carboxylic acids is 1. The molecule has 1 amide bonds. The molecule has 0 saturated carbocycles. The Morgan fingerprint density at radius 3 is 2.77 bits per heavy atom. The van der Waals surface area contributed by atoms with Crippen LogP contribution in [0.2, 0.25) is 0 Å². The van der Waals surface area contributed by atoms with Gasteiger partial charge in [0.15, 0.2) is 11.5 Å². The molecule has 1 N–H and O–H groups in total. The molecular formula is C19H17N3O4. The van der Waals surface area contributed by atoms with Gasteiger partial charge in [0, 0.05) is 11.8 Å². The van der Waals surface area contributed by atoms with Crippen molar-refractivity contribution in [1.82, 2.24) is 9.55 Å². The van der Waals surface area contributed by atoms with Crippen LogP contribution in [0.5, 0.6) is 11.5 Å². The van der Waals surface area contributed by atoms with Crippen LogP contribution < -0.4 is 20.3 Å². The fourth-order valence-electron chi connectivity index (χ4n) is 2.85. The van der Waals surface area contributed by atoms with Crippen LogP contribution in [0.25, 0.3) is 10.9 Å². The minimum atomic E-state index is -0.715. The van der Waals surface area contributed by atoms with Crippen molar-refractivity contribution in [1.29, 1.82) is 0 Å². The van der Waals surface area contributed by atoms with E-state index in [1.807, 2.05) is 6.07 Å². The number of para-hydroxylation sites is 1. The summed E-state index contributed by atoms with van der Waals surface area (Å²) in [5.74, 6) is 0.921. The largest absolute Gasteiger partial charge is 0.486 e. The van der Waals surface area contributed by atoms with Gasteiger partial charge in [-0.15, -0.1) is 0 Å². The number of rotatable bonds is 3. The van der Waals surface area contributed by atoms with Crippen LogP contribution in [-0.4, -0.2) is 28.7 Å². The molecule has 2 heterocycles. The highest BCUT2D eigenvalue weighted by Gasteiger charge is 2.19. The molecule has 1 aromatic heterocycles. The lowest BCUT2D eigenvalue weighted by atomic mass is 10.2. The molecule has 1 atom stereocenters. The van der Waals surface area contributed by atoms with Crippen LogP contribution in [0.4, 0.5) is 5.69 Å². The summed E-state index contributed by atoms with van der Waals surface area (Å²) in [6.07, 6.45) is 1.40. The number of hydrogen-bond acceptors (Lipinski definition) is 5. The third-order valence-electron chi connectivity index (χ3n) is 4.30. The molecule has 4 rings (SSSR count). The number of benzene rings is 2. The molecule has 1 unspecified atom stereocenters. The predicted molar refractivity (Wildman–Crippen MR) is 96.8 cm³/mol. The standard InChI is InChI=1S/C19H17N3O4/c1-12(22-11-20-15-5-3-2-4-14(15)19(22)24)18(23)21-13-6-7-16-17(10-13)26-9-8-25-16/h2-7,10-12H,8-9H2,1H3,(H,21,23). The molecule has 7 heteroatoms. The van der Waals surface area contributed by atoms with Crippen LogP contribution in [0, 0.1) is 0 Å². The first-order valence-electron chi connectivity index (χ1n) is 8.30. The molecule has 26 heavy (non-hydrogen) atoms. The monoisotopic (exact) mass is 351 g/mol. The topological polar surface area (TPSA) is 82.4 Å². The Balaban J connectivity index is 1.59. The Hall–Kier alpha value is -3.35. The summed E-state index contributed by atoms with van der Waals surface area (Å²) in [5.41, 5.74) is 0.932. The number of nitrogens with one attached hydrogen (secondary N) is 1. The van der Waals surface area contributed by atoms with Crippen LogP contribution in [0.1, 0.15) is 13.0 Å². The summed E-state index contributed by atoms with van der Waals surface area (Å²) < 4.78 is 12.3. The molecule has 1 aliphatic rings. The van der Waals surface area contributed by atoms with Crippen molar-refractivity contribution >= 4 is 22.5 Å². The smallest absolute Gasteiger partial charge is 0.261 e. The number of anilines is 1. The van der Waals surface area contributed by atoms with Gasteiger partial charge in [-0.1, -0.05) is 12.1 Å². The number of carbonyl (C=O) groups is 1. The van der Waals surface area contributed by atoms with Gasteiger partial charge in [0.1, 0.15) is 19.3 Å². The van der Waals surface area contributed by atoms with Crippen LogP contribution >= 0.6 is 0 Å². The second kappa shape index (κ2) is 6.51. The number of ether oxygens (including phenoxy) is 2. The summed E-state index contributed by atoms with van der Waals surface area (Å²) in [5, 5.41) is 3.28. The highest BCUT2D eigenvalue weighted by Crippen LogP contribution is 2.32. The third kappa shape index (κ3) is 2.88. The quantitative estimate of drug-likeness (QED) is 0.783. The van der Waals surface area contributed by atoms with E-state index in [9.17, 15) is 9.59 Å². The summed E-state index contributed by atoms with van der Waals surface area (Å²) in [6, 6.07) is 11.5. The Morgan fingerprint density at radius 1 is 1.15 bits per heavy atom. The van der Waals surface area contributed by atoms with Crippen LogP contribution in [0.3, 0.4) is 0 Å². The minimum absolute atomic E-state index is 0.250. The van der Waals surface area contributed by atoms with E-state index in [1.165, 1.54) is 10.9 Å². The fourth-order valence-corrected chi connectivity index (χ4v) is 2.85. The molecule has 0 bridgehead atoms. The molecule has 0 fully saturated rings. The molecular weight excluding hydrogens is 334 g/mol. The normalized spacial score (nSPS) is 14.0. The zero-order valence-electron chi connectivity index (χ0n) is 14.1. The van der Waals surface area contributed by atoms with E-state index in [2.05, 4.69) is 10.3 Å². The Morgan fingerprint density at radius 2 is 1.92 bits per heavy atom. The first-order chi connectivity index (χ1) is 12.6. The van der Waals surface area contributed by atoms with Gasteiger partial charge in [-0.3, -0.25) is 14.2 Å². The highest BCUT2D eigenvalue weighted by atomic mass is 16.6.